The number of benzene rings is 1. The van der Waals surface area contributed by atoms with Crippen LogP contribution in [0.25, 0.3) is 0 Å². The van der Waals surface area contributed by atoms with Crippen molar-refractivity contribution in [1.82, 2.24) is 9.78 Å². The first-order chi connectivity index (χ1) is 9.04. The van der Waals surface area contributed by atoms with Crippen molar-refractivity contribution in [3.05, 3.63) is 41.1 Å². The summed E-state index contributed by atoms with van der Waals surface area (Å²) in [5.74, 6) is 0.380. The largest absolute Gasteiger partial charge is 0.438 e. The van der Waals surface area contributed by atoms with Crippen LogP contribution in [0.4, 0.5) is 0 Å². The lowest BCUT2D eigenvalue weighted by molar-refractivity contribution is 0.0998. The molecule has 0 radical (unpaired) electrons. The van der Waals surface area contributed by atoms with Gasteiger partial charge >= 0.3 is 0 Å². The Kier molecular flexibility index (Phi) is 3.52. The van der Waals surface area contributed by atoms with E-state index in [9.17, 15) is 4.79 Å². The number of hydrogen-bond donors (Lipinski definition) is 2. The van der Waals surface area contributed by atoms with Crippen LogP contribution in [-0.4, -0.2) is 15.7 Å². The monoisotopic (exact) mass is 260 g/mol. The third-order valence-electron chi connectivity index (χ3n) is 2.85. The minimum atomic E-state index is -0.538. The summed E-state index contributed by atoms with van der Waals surface area (Å²) in [5, 5.41) is 4.25. The Labute approximate surface area is 111 Å². The minimum absolute atomic E-state index is 0.313. The Bertz CT molecular complexity index is 619. The molecule has 0 bridgehead atoms. The summed E-state index contributed by atoms with van der Waals surface area (Å²) in [6, 6.07) is 6.80. The number of aromatic nitrogens is 2. The maximum Gasteiger partial charge on any atom is 0.252 e. The number of primary amides is 1. The van der Waals surface area contributed by atoms with E-state index in [1.807, 2.05) is 6.92 Å². The Morgan fingerprint density at radius 3 is 2.74 bits per heavy atom. The number of nitrogens with zero attached hydrogens (tertiary/aromatic N) is 2. The van der Waals surface area contributed by atoms with Gasteiger partial charge in [-0.15, -0.1) is 0 Å². The van der Waals surface area contributed by atoms with E-state index in [1.165, 1.54) is 0 Å². The molecule has 100 valence electrons. The third kappa shape index (κ3) is 2.43. The summed E-state index contributed by atoms with van der Waals surface area (Å²) >= 11 is 0. The van der Waals surface area contributed by atoms with Gasteiger partial charge in [0.15, 0.2) is 0 Å². The van der Waals surface area contributed by atoms with Crippen LogP contribution in [0.15, 0.2) is 24.3 Å². The molecule has 4 N–H and O–H groups in total. The molecule has 2 aromatic rings. The molecule has 19 heavy (non-hydrogen) atoms. The molecule has 6 nitrogen and oxygen atoms in total. The first-order valence-electron chi connectivity index (χ1n) is 5.83. The highest BCUT2D eigenvalue weighted by Crippen LogP contribution is 2.29. The third-order valence-corrected chi connectivity index (χ3v) is 2.85. The highest BCUT2D eigenvalue weighted by Gasteiger charge is 2.16. The van der Waals surface area contributed by atoms with Crippen molar-refractivity contribution in [2.45, 2.75) is 13.5 Å². The Balaban J connectivity index is 2.45. The molecular weight excluding hydrogens is 244 g/mol. The molecule has 1 heterocycles. The maximum absolute atomic E-state index is 11.4. The van der Waals surface area contributed by atoms with E-state index in [2.05, 4.69) is 5.10 Å². The van der Waals surface area contributed by atoms with Crippen LogP contribution in [-0.2, 0) is 13.6 Å². The van der Waals surface area contributed by atoms with Gasteiger partial charge in [-0.2, -0.15) is 5.10 Å². The van der Waals surface area contributed by atoms with Gasteiger partial charge in [-0.3, -0.25) is 4.79 Å². The van der Waals surface area contributed by atoms with E-state index in [0.717, 1.165) is 11.3 Å². The Hall–Kier alpha value is -2.34. The minimum Gasteiger partial charge on any atom is -0.438 e. The quantitative estimate of drug-likeness (QED) is 0.859. The van der Waals surface area contributed by atoms with Gasteiger partial charge in [0.25, 0.3) is 5.91 Å². The van der Waals surface area contributed by atoms with Crippen LogP contribution in [0.5, 0.6) is 11.6 Å². The lowest BCUT2D eigenvalue weighted by atomic mass is 10.2. The van der Waals surface area contributed by atoms with Crippen LogP contribution in [0, 0.1) is 6.92 Å². The Morgan fingerprint density at radius 2 is 2.11 bits per heavy atom. The van der Waals surface area contributed by atoms with Crippen molar-refractivity contribution in [2.24, 2.45) is 18.5 Å². The number of aryl methyl sites for hydroxylation is 2. The first kappa shape index (κ1) is 13.1. The van der Waals surface area contributed by atoms with Crippen LogP contribution >= 0.6 is 0 Å². The summed E-state index contributed by atoms with van der Waals surface area (Å²) in [5.41, 5.74) is 12.9. The zero-order valence-corrected chi connectivity index (χ0v) is 10.9. The van der Waals surface area contributed by atoms with Crippen molar-refractivity contribution < 1.29 is 9.53 Å². The zero-order valence-electron chi connectivity index (χ0n) is 10.9. The van der Waals surface area contributed by atoms with E-state index in [0.29, 0.717) is 23.7 Å². The summed E-state index contributed by atoms with van der Waals surface area (Å²) in [7, 11) is 1.76. The molecule has 0 aliphatic rings. The van der Waals surface area contributed by atoms with E-state index in [-0.39, 0.29) is 0 Å². The van der Waals surface area contributed by atoms with Crippen LogP contribution in [0.1, 0.15) is 21.6 Å². The highest BCUT2D eigenvalue weighted by molar-refractivity contribution is 5.95. The highest BCUT2D eigenvalue weighted by atomic mass is 16.5. The second-order valence-corrected chi connectivity index (χ2v) is 4.16. The van der Waals surface area contributed by atoms with Crippen molar-refractivity contribution >= 4 is 5.91 Å². The van der Waals surface area contributed by atoms with Gasteiger partial charge in [0, 0.05) is 13.6 Å². The van der Waals surface area contributed by atoms with Gasteiger partial charge < -0.3 is 16.2 Å². The number of carbonyl (C=O) groups excluding carboxylic acids is 1. The van der Waals surface area contributed by atoms with Gasteiger partial charge in [-0.25, -0.2) is 4.68 Å². The van der Waals surface area contributed by atoms with Gasteiger partial charge in [-0.1, -0.05) is 12.1 Å². The average Bonchev–Trinajstić information content (AvgIpc) is 2.64. The summed E-state index contributed by atoms with van der Waals surface area (Å²) in [6.07, 6.45) is 0. The second-order valence-electron chi connectivity index (χ2n) is 4.16. The number of nitrogens with two attached hydrogens (primary N) is 2. The second kappa shape index (κ2) is 5.11. The normalized spacial score (nSPS) is 10.5. The van der Waals surface area contributed by atoms with Gasteiger partial charge in [0.05, 0.1) is 16.8 Å². The molecule has 2 rings (SSSR count). The van der Waals surface area contributed by atoms with Crippen molar-refractivity contribution in [2.75, 3.05) is 0 Å². The average molecular weight is 260 g/mol. The van der Waals surface area contributed by atoms with E-state index in [4.69, 9.17) is 16.2 Å². The molecule has 0 saturated carbocycles. The standard InChI is InChI=1S/C13H16N4O2/c1-8-10(7-14)13(17(2)16-8)19-11-6-4-3-5-9(11)12(15)18/h3-6H,7,14H2,1-2H3,(H2,15,18). The molecule has 1 aromatic carbocycles. The molecule has 0 fully saturated rings. The number of ether oxygens (including phenoxy) is 1. The predicted octanol–water partition coefficient (Wildman–Crippen LogP) is 1.08. The van der Waals surface area contributed by atoms with E-state index >= 15 is 0 Å². The Morgan fingerprint density at radius 1 is 1.42 bits per heavy atom. The number of para-hydroxylation sites is 1. The molecule has 0 atom stereocenters. The molecule has 6 heteroatoms. The van der Waals surface area contributed by atoms with Crippen molar-refractivity contribution in [3.8, 4) is 11.6 Å². The van der Waals surface area contributed by atoms with Crippen LogP contribution < -0.4 is 16.2 Å². The first-order valence-corrected chi connectivity index (χ1v) is 5.83. The topological polar surface area (TPSA) is 96.2 Å². The molecule has 1 aromatic heterocycles. The summed E-state index contributed by atoms with van der Waals surface area (Å²) in [4.78, 5) is 11.4. The SMILES string of the molecule is Cc1nn(C)c(Oc2ccccc2C(N)=O)c1CN. The molecule has 1 amide bonds. The van der Waals surface area contributed by atoms with Gasteiger partial charge in [0.2, 0.25) is 5.88 Å². The molecular formula is C13H16N4O2. The predicted molar refractivity (Wildman–Crippen MR) is 70.9 cm³/mol. The molecule has 0 aliphatic heterocycles. The molecule has 0 aliphatic carbocycles. The number of hydrogen-bond acceptors (Lipinski definition) is 4. The molecule has 0 unspecified atom stereocenters. The fourth-order valence-electron chi connectivity index (χ4n) is 1.91. The fraction of sp³-hybridized carbons (Fsp3) is 0.231. The van der Waals surface area contributed by atoms with Gasteiger partial charge in [0.1, 0.15) is 5.75 Å². The number of rotatable bonds is 4. The zero-order chi connectivity index (χ0) is 14.0. The van der Waals surface area contributed by atoms with Crippen LogP contribution in [0.3, 0.4) is 0 Å². The summed E-state index contributed by atoms with van der Waals surface area (Å²) in [6.45, 7) is 2.17. The van der Waals surface area contributed by atoms with Gasteiger partial charge in [-0.05, 0) is 19.1 Å². The lowest BCUT2D eigenvalue weighted by Crippen LogP contribution is -2.12. The fourth-order valence-corrected chi connectivity index (χ4v) is 1.91. The van der Waals surface area contributed by atoms with Crippen molar-refractivity contribution in [1.29, 1.82) is 0 Å². The number of amides is 1. The van der Waals surface area contributed by atoms with E-state index in [1.54, 1.807) is 36.0 Å². The van der Waals surface area contributed by atoms with Crippen LogP contribution in [0.2, 0.25) is 0 Å². The van der Waals surface area contributed by atoms with E-state index < -0.39 is 5.91 Å². The maximum atomic E-state index is 11.4. The smallest absolute Gasteiger partial charge is 0.252 e. The molecule has 0 saturated heterocycles. The van der Waals surface area contributed by atoms with Crippen molar-refractivity contribution in [3.63, 3.8) is 0 Å². The lowest BCUT2D eigenvalue weighted by Gasteiger charge is -2.10. The molecule has 0 spiro atoms. The summed E-state index contributed by atoms with van der Waals surface area (Å²) < 4.78 is 7.36. The number of carbonyl (C=O) groups is 1.